The van der Waals surface area contributed by atoms with Crippen molar-refractivity contribution in [1.82, 2.24) is 20.1 Å². The Bertz CT molecular complexity index is 1020. The van der Waals surface area contributed by atoms with Crippen LogP contribution in [0.25, 0.3) is 11.1 Å². The van der Waals surface area contributed by atoms with Crippen molar-refractivity contribution in [3.63, 3.8) is 0 Å². The first-order valence-electron chi connectivity index (χ1n) is 8.78. The fourth-order valence-corrected chi connectivity index (χ4v) is 3.57. The summed E-state index contributed by atoms with van der Waals surface area (Å²) in [4.78, 5) is 4.46. The summed E-state index contributed by atoms with van der Waals surface area (Å²) in [5, 5.41) is 17.4. The lowest BCUT2D eigenvalue weighted by atomic mass is 9.90. The Kier molecular flexibility index (Phi) is 4.48. The molecular formula is C20H20N6O. The van der Waals surface area contributed by atoms with Crippen LogP contribution in [-0.2, 0) is 19.5 Å². The molecule has 3 N–H and O–H groups in total. The van der Waals surface area contributed by atoms with E-state index >= 15 is 0 Å². The van der Waals surface area contributed by atoms with E-state index in [2.05, 4.69) is 21.5 Å². The van der Waals surface area contributed by atoms with Gasteiger partial charge in [-0.1, -0.05) is 6.07 Å². The third-order valence-corrected chi connectivity index (χ3v) is 4.82. The van der Waals surface area contributed by atoms with Crippen LogP contribution in [0.4, 0.5) is 5.82 Å². The zero-order chi connectivity index (χ0) is 18.8. The van der Waals surface area contributed by atoms with E-state index in [1.807, 2.05) is 35.1 Å². The minimum absolute atomic E-state index is 0.289. The quantitative estimate of drug-likeness (QED) is 0.739. The van der Waals surface area contributed by atoms with Gasteiger partial charge in [0.05, 0.1) is 13.7 Å². The molecule has 1 aliphatic heterocycles. The summed E-state index contributed by atoms with van der Waals surface area (Å²) < 4.78 is 7.36. The summed E-state index contributed by atoms with van der Waals surface area (Å²) in [7, 11) is 1.65. The lowest BCUT2D eigenvalue weighted by Crippen LogP contribution is -2.26. The molecule has 0 radical (unpaired) electrons. The van der Waals surface area contributed by atoms with Crippen LogP contribution in [0.15, 0.2) is 36.7 Å². The lowest BCUT2D eigenvalue weighted by molar-refractivity contribution is 0.407. The van der Waals surface area contributed by atoms with Crippen LogP contribution in [0.3, 0.4) is 0 Å². The van der Waals surface area contributed by atoms with Crippen LogP contribution in [0.5, 0.6) is 5.75 Å². The third kappa shape index (κ3) is 3.11. The maximum absolute atomic E-state index is 9.71. The summed E-state index contributed by atoms with van der Waals surface area (Å²) in [6, 6.07) is 10.1. The average molecular weight is 360 g/mol. The average Bonchev–Trinajstić information content (AvgIpc) is 3.20. The molecule has 0 amide bonds. The molecule has 0 fully saturated rings. The van der Waals surface area contributed by atoms with Gasteiger partial charge in [-0.05, 0) is 29.3 Å². The van der Waals surface area contributed by atoms with Gasteiger partial charge in [0, 0.05) is 48.7 Å². The third-order valence-electron chi connectivity index (χ3n) is 4.82. The minimum atomic E-state index is 0.289. The van der Waals surface area contributed by atoms with Gasteiger partial charge in [0.1, 0.15) is 23.2 Å². The Morgan fingerprint density at radius 1 is 1.41 bits per heavy atom. The Labute approximate surface area is 157 Å². The Morgan fingerprint density at radius 3 is 3.04 bits per heavy atom. The van der Waals surface area contributed by atoms with Gasteiger partial charge >= 0.3 is 0 Å². The van der Waals surface area contributed by atoms with Crippen LogP contribution in [0.1, 0.15) is 22.4 Å². The SMILES string of the molecule is COc1ccc(-c2c(C#N)c(N)nc3c2CNCC3)cc1Cn1cccn1. The van der Waals surface area contributed by atoms with Crippen molar-refractivity contribution < 1.29 is 4.74 Å². The number of anilines is 1. The normalized spacial score (nSPS) is 13.0. The van der Waals surface area contributed by atoms with Gasteiger partial charge in [0.15, 0.2) is 0 Å². The van der Waals surface area contributed by atoms with Gasteiger partial charge in [-0.3, -0.25) is 4.68 Å². The van der Waals surface area contributed by atoms with Crippen molar-refractivity contribution in [2.45, 2.75) is 19.5 Å². The highest BCUT2D eigenvalue weighted by atomic mass is 16.5. The Hall–Kier alpha value is -3.37. The smallest absolute Gasteiger partial charge is 0.142 e. The van der Waals surface area contributed by atoms with Crippen LogP contribution < -0.4 is 15.8 Å². The Morgan fingerprint density at radius 2 is 2.30 bits per heavy atom. The number of nitrogens with zero attached hydrogens (tertiary/aromatic N) is 4. The van der Waals surface area contributed by atoms with E-state index in [1.54, 1.807) is 13.3 Å². The van der Waals surface area contributed by atoms with Gasteiger partial charge in [0.2, 0.25) is 0 Å². The van der Waals surface area contributed by atoms with Crippen LogP contribution in [0, 0.1) is 11.3 Å². The van der Waals surface area contributed by atoms with Crippen molar-refractivity contribution in [2.75, 3.05) is 19.4 Å². The molecule has 4 rings (SSSR count). The summed E-state index contributed by atoms with van der Waals surface area (Å²) in [5.41, 5.74) is 11.3. The highest BCUT2D eigenvalue weighted by molar-refractivity contribution is 5.80. The van der Waals surface area contributed by atoms with Crippen molar-refractivity contribution in [2.24, 2.45) is 0 Å². The van der Waals surface area contributed by atoms with E-state index in [9.17, 15) is 5.26 Å². The second-order valence-electron chi connectivity index (χ2n) is 6.44. The van der Waals surface area contributed by atoms with Gasteiger partial charge < -0.3 is 15.8 Å². The van der Waals surface area contributed by atoms with E-state index in [4.69, 9.17) is 10.5 Å². The number of hydrogen-bond donors (Lipinski definition) is 2. The van der Waals surface area contributed by atoms with Gasteiger partial charge in [-0.2, -0.15) is 10.4 Å². The molecule has 0 saturated heterocycles. The van der Waals surface area contributed by atoms with Gasteiger partial charge in [-0.25, -0.2) is 4.98 Å². The van der Waals surface area contributed by atoms with E-state index in [1.165, 1.54) is 0 Å². The highest BCUT2D eigenvalue weighted by Crippen LogP contribution is 2.35. The standard InChI is InChI=1S/C20H20N6O/c1-27-18-4-3-13(9-14(18)12-26-8-2-6-24-26)19-15(10-21)20(22)25-17-5-7-23-11-16(17)19/h2-4,6,8-9,23H,5,7,11-12H2,1H3,(H2,22,25). The summed E-state index contributed by atoms with van der Waals surface area (Å²) >= 11 is 0. The number of ether oxygens (including phenoxy) is 1. The van der Waals surface area contributed by atoms with Crippen molar-refractivity contribution >= 4 is 5.82 Å². The molecule has 136 valence electrons. The molecule has 3 heterocycles. The maximum atomic E-state index is 9.71. The lowest BCUT2D eigenvalue weighted by Gasteiger charge is -2.22. The first kappa shape index (κ1) is 17.1. The predicted octanol–water partition coefficient (Wildman–Crippen LogP) is 2.10. The molecule has 7 nitrogen and oxygen atoms in total. The second kappa shape index (κ2) is 7.09. The topological polar surface area (TPSA) is 102 Å². The number of rotatable bonds is 4. The Balaban J connectivity index is 1.89. The van der Waals surface area contributed by atoms with Crippen molar-refractivity contribution in [3.05, 3.63) is 59.0 Å². The van der Waals surface area contributed by atoms with Gasteiger partial charge in [-0.15, -0.1) is 0 Å². The number of fused-ring (bicyclic) bond motifs is 1. The molecule has 27 heavy (non-hydrogen) atoms. The van der Waals surface area contributed by atoms with E-state index in [-0.39, 0.29) is 5.82 Å². The first-order chi connectivity index (χ1) is 13.2. The number of nitrogen functional groups attached to an aromatic ring is 1. The molecule has 0 aliphatic carbocycles. The maximum Gasteiger partial charge on any atom is 0.142 e. The molecule has 1 aliphatic rings. The van der Waals surface area contributed by atoms with Crippen molar-refractivity contribution in [3.8, 4) is 22.9 Å². The second-order valence-corrected chi connectivity index (χ2v) is 6.44. The largest absolute Gasteiger partial charge is 0.496 e. The minimum Gasteiger partial charge on any atom is -0.496 e. The zero-order valence-corrected chi connectivity index (χ0v) is 15.1. The molecular weight excluding hydrogens is 340 g/mol. The molecule has 0 atom stereocenters. The molecule has 2 aromatic heterocycles. The molecule has 3 aromatic rings. The monoisotopic (exact) mass is 360 g/mol. The molecule has 1 aromatic carbocycles. The molecule has 0 spiro atoms. The van der Waals surface area contributed by atoms with Crippen LogP contribution in [0.2, 0.25) is 0 Å². The van der Waals surface area contributed by atoms with E-state index in [0.717, 1.165) is 46.7 Å². The first-order valence-corrected chi connectivity index (χ1v) is 8.78. The number of nitrogens with two attached hydrogens (primary N) is 1. The fourth-order valence-electron chi connectivity index (χ4n) is 3.57. The predicted molar refractivity (Wildman–Crippen MR) is 102 cm³/mol. The fraction of sp³-hybridized carbons (Fsp3) is 0.250. The van der Waals surface area contributed by atoms with Gasteiger partial charge in [0.25, 0.3) is 0 Å². The molecule has 0 saturated carbocycles. The summed E-state index contributed by atoms with van der Waals surface area (Å²) in [6.07, 6.45) is 4.45. The summed E-state index contributed by atoms with van der Waals surface area (Å²) in [6.45, 7) is 2.11. The molecule has 0 bridgehead atoms. The van der Waals surface area contributed by atoms with E-state index in [0.29, 0.717) is 18.7 Å². The number of aromatic nitrogens is 3. The van der Waals surface area contributed by atoms with E-state index < -0.39 is 0 Å². The zero-order valence-electron chi connectivity index (χ0n) is 15.1. The summed E-state index contributed by atoms with van der Waals surface area (Å²) in [5.74, 6) is 1.07. The number of benzene rings is 1. The van der Waals surface area contributed by atoms with Crippen molar-refractivity contribution in [1.29, 1.82) is 5.26 Å². The number of hydrogen-bond acceptors (Lipinski definition) is 6. The highest BCUT2D eigenvalue weighted by Gasteiger charge is 2.22. The number of nitrogens with one attached hydrogen (secondary N) is 1. The van der Waals surface area contributed by atoms with Crippen LogP contribution >= 0.6 is 0 Å². The van der Waals surface area contributed by atoms with Crippen LogP contribution in [-0.4, -0.2) is 28.4 Å². The number of nitriles is 1. The number of pyridine rings is 1. The number of methoxy groups -OCH3 is 1. The molecule has 7 heteroatoms. The molecule has 0 unspecified atom stereocenters.